The second-order valence-corrected chi connectivity index (χ2v) is 4.56. The summed E-state index contributed by atoms with van der Waals surface area (Å²) >= 11 is 0. The van der Waals surface area contributed by atoms with Crippen LogP contribution in [0.5, 0.6) is 0 Å². The highest BCUT2D eigenvalue weighted by atomic mass is 16.5. The molecule has 0 spiro atoms. The fourth-order valence-electron chi connectivity index (χ4n) is 2.34. The Labute approximate surface area is 98.0 Å². The van der Waals surface area contributed by atoms with Crippen molar-refractivity contribution >= 4 is 0 Å². The van der Waals surface area contributed by atoms with E-state index in [2.05, 4.69) is 43.4 Å². The van der Waals surface area contributed by atoms with E-state index < -0.39 is 0 Å². The Bertz CT molecular complexity index is 337. The summed E-state index contributed by atoms with van der Waals surface area (Å²) in [7, 11) is 0. The minimum Gasteiger partial charge on any atom is -0.376 e. The van der Waals surface area contributed by atoms with Crippen LogP contribution in [0.4, 0.5) is 0 Å². The van der Waals surface area contributed by atoms with Crippen LogP contribution in [0.3, 0.4) is 0 Å². The van der Waals surface area contributed by atoms with Crippen LogP contribution in [0.2, 0.25) is 0 Å². The van der Waals surface area contributed by atoms with Crippen LogP contribution >= 0.6 is 0 Å². The SMILES string of the molecule is CCCNC(C)C1COCc2ccccc21. The van der Waals surface area contributed by atoms with Gasteiger partial charge in [0, 0.05) is 12.0 Å². The van der Waals surface area contributed by atoms with Crippen molar-refractivity contribution < 1.29 is 4.74 Å². The lowest BCUT2D eigenvalue weighted by atomic mass is 9.88. The van der Waals surface area contributed by atoms with Crippen LogP contribution in [-0.2, 0) is 11.3 Å². The fraction of sp³-hybridized carbons (Fsp3) is 0.571. The lowest BCUT2D eigenvalue weighted by molar-refractivity contribution is 0.0821. The molecular weight excluding hydrogens is 198 g/mol. The van der Waals surface area contributed by atoms with Crippen molar-refractivity contribution in [3.05, 3.63) is 35.4 Å². The molecule has 2 nitrogen and oxygen atoms in total. The van der Waals surface area contributed by atoms with Gasteiger partial charge < -0.3 is 10.1 Å². The molecule has 16 heavy (non-hydrogen) atoms. The molecule has 1 aromatic carbocycles. The normalized spacial score (nSPS) is 21.5. The molecule has 0 bridgehead atoms. The molecule has 1 aliphatic heterocycles. The Balaban J connectivity index is 2.12. The number of ether oxygens (including phenoxy) is 1. The van der Waals surface area contributed by atoms with Gasteiger partial charge >= 0.3 is 0 Å². The first kappa shape index (κ1) is 11.6. The Hall–Kier alpha value is -0.860. The first-order chi connectivity index (χ1) is 7.83. The van der Waals surface area contributed by atoms with E-state index >= 15 is 0 Å². The number of fused-ring (bicyclic) bond motifs is 1. The van der Waals surface area contributed by atoms with E-state index in [1.165, 1.54) is 17.5 Å². The van der Waals surface area contributed by atoms with Gasteiger partial charge in [0.1, 0.15) is 0 Å². The molecule has 1 N–H and O–H groups in total. The van der Waals surface area contributed by atoms with E-state index in [-0.39, 0.29) is 0 Å². The second-order valence-electron chi connectivity index (χ2n) is 4.56. The Morgan fingerprint density at radius 1 is 1.44 bits per heavy atom. The molecule has 0 radical (unpaired) electrons. The predicted octanol–water partition coefficient (Wildman–Crippen LogP) is 2.69. The smallest absolute Gasteiger partial charge is 0.0719 e. The zero-order chi connectivity index (χ0) is 11.4. The average Bonchev–Trinajstić information content (AvgIpc) is 2.35. The third kappa shape index (κ3) is 2.45. The molecule has 2 heteroatoms. The van der Waals surface area contributed by atoms with Gasteiger partial charge in [-0.25, -0.2) is 0 Å². The summed E-state index contributed by atoms with van der Waals surface area (Å²) in [4.78, 5) is 0. The number of hydrogen-bond acceptors (Lipinski definition) is 2. The molecule has 0 fully saturated rings. The second kappa shape index (κ2) is 5.46. The summed E-state index contributed by atoms with van der Waals surface area (Å²) in [5.41, 5.74) is 2.81. The number of rotatable bonds is 4. The van der Waals surface area contributed by atoms with Crippen molar-refractivity contribution in [2.24, 2.45) is 0 Å². The third-order valence-electron chi connectivity index (χ3n) is 3.33. The Morgan fingerprint density at radius 2 is 2.25 bits per heavy atom. The molecule has 0 aliphatic carbocycles. The van der Waals surface area contributed by atoms with Crippen LogP contribution in [0.25, 0.3) is 0 Å². The highest BCUT2D eigenvalue weighted by molar-refractivity contribution is 5.32. The van der Waals surface area contributed by atoms with Gasteiger partial charge in [-0.3, -0.25) is 0 Å². The third-order valence-corrected chi connectivity index (χ3v) is 3.33. The van der Waals surface area contributed by atoms with Gasteiger partial charge in [-0.15, -0.1) is 0 Å². The molecule has 88 valence electrons. The van der Waals surface area contributed by atoms with E-state index in [0.29, 0.717) is 12.0 Å². The van der Waals surface area contributed by atoms with Crippen molar-refractivity contribution in [2.45, 2.75) is 38.8 Å². The summed E-state index contributed by atoms with van der Waals surface area (Å²) in [6.07, 6.45) is 1.18. The predicted molar refractivity (Wildman–Crippen MR) is 66.6 cm³/mol. The number of benzene rings is 1. The maximum atomic E-state index is 5.67. The zero-order valence-electron chi connectivity index (χ0n) is 10.2. The first-order valence-electron chi connectivity index (χ1n) is 6.22. The molecule has 0 saturated heterocycles. The quantitative estimate of drug-likeness (QED) is 0.840. The van der Waals surface area contributed by atoms with Gasteiger partial charge in [-0.05, 0) is 31.0 Å². The number of nitrogens with one attached hydrogen (secondary N) is 1. The molecule has 0 aromatic heterocycles. The van der Waals surface area contributed by atoms with Gasteiger partial charge in [0.15, 0.2) is 0 Å². The lowest BCUT2D eigenvalue weighted by Gasteiger charge is -2.30. The van der Waals surface area contributed by atoms with Crippen molar-refractivity contribution in [3.63, 3.8) is 0 Å². The molecule has 0 saturated carbocycles. The fourth-order valence-corrected chi connectivity index (χ4v) is 2.34. The van der Waals surface area contributed by atoms with E-state index in [0.717, 1.165) is 19.8 Å². The van der Waals surface area contributed by atoms with Gasteiger partial charge in [-0.2, -0.15) is 0 Å². The summed E-state index contributed by atoms with van der Waals surface area (Å²) < 4.78 is 5.67. The van der Waals surface area contributed by atoms with Crippen LogP contribution < -0.4 is 5.32 Å². The highest BCUT2D eigenvalue weighted by Crippen LogP contribution is 2.28. The van der Waals surface area contributed by atoms with Gasteiger partial charge in [-0.1, -0.05) is 31.2 Å². The Kier molecular flexibility index (Phi) is 3.97. The van der Waals surface area contributed by atoms with Crippen LogP contribution in [0.1, 0.15) is 37.3 Å². The molecule has 1 heterocycles. The summed E-state index contributed by atoms with van der Waals surface area (Å²) in [5, 5.41) is 3.56. The summed E-state index contributed by atoms with van der Waals surface area (Å²) in [5.74, 6) is 0.497. The molecule has 2 unspecified atom stereocenters. The van der Waals surface area contributed by atoms with Crippen LogP contribution in [0.15, 0.2) is 24.3 Å². The van der Waals surface area contributed by atoms with E-state index in [9.17, 15) is 0 Å². The van der Waals surface area contributed by atoms with Gasteiger partial charge in [0.05, 0.1) is 13.2 Å². The van der Waals surface area contributed by atoms with Crippen molar-refractivity contribution in [3.8, 4) is 0 Å². The van der Waals surface area contributed by atoms with Crippen LogP contribution in [-0.4, -0.2) is 19.2 Å². The number of hydrogen-bond donors (Lipinski definition) is 1. The minimum absolute atomic E-state index is 0.487. The topological polar surface area (TPSA) is 21.3 Å². The molecular formula is C14H21NO. The largest absolute Gasteiger partial charge is 0.376 e. The summed E-state index contributed by atoms with van der Waals surface area (Å²) in [6.45, 7) is 7.15. The van der Waals surface area contributed by atoms with Crippen molar-refractivity contribution in [2.75, 3.05) is 13.2 Å². The Morgan fingerprint density at radius 3 is 3.06 bits per heavy atom. The van der Waals surface area contributed by atoms with Crippen molar-refractivity contribution in [1.29, 1.82) is 0 Å². The average molecular weight is 219 g/mol. The van der Waals surface area contributed by atoms with E-state index in [1.807, 2.05) is 0 Å². The highest BCUT2D eigenvalue weighted by Gasteiger charge is 2.24. The molecule has 1 aliphatic rings. The zero-order valence-corrected chi connectivity index (χ0v) is 10.2. The molecule has 1 aromatic rings. The molecule has 0 amide bonds. The molecule has 2 atom stereocenters. The molecule has 2 rings (SSSR count). The standard InChI is InChI=1S/C14H21NO/c1-3-8-15-11(2)14-10-16-9-12-6-4-5-7-13(12)14/h4-7,11,14-15H,3,8-10H2,1-2H3. The first-order valence-corrected chi connectivity index (χ1v) is 6.22. The summed E-state index contributed by atoms with van der Waals surface area (Å²) in [6, 6.07) is 9.13. The van der Waals surface area contributed by atoms with Crippen LogP contribution in [0, 0.1) is 0 Å². The van der Waals surface area contributed by atoms with Gasteiger partial charge in [0.25, 0.3) is 0 Å². The maximum Gasteiger partial charge on any atom is 0.0719 e. The van der Waals surface area contributed by atoms with Crippen molar-refractivity contribution in [1.82, 2.24) is 5.32 Å². The minimum atomic E-state index is 0.487. The van der Waals surface area contributed by atoms with E-state index in [1.54, 1.807) is 0 Å². The lowest BCUT2D eigenvalue weighted by Crippen LogP contribution is -2.37. The van der Waals surface area contributed by atoms with Gasteiger partial charge in [0.2, 0.25) is 0 Å². The van der Waals surface area contributed by atoms with E-state index in [4.69, 9.17) is 4.74 Å². The monoisotopic (exact) mass is 219 g/mol. The maximum absolute atomic E-state index is 5.67.